The van der Waals surface area contributed by atoms with Gasteiger partial charge in [-0.1, -0.05) is 46.8 Å². The smallest absolute Gasteiger partial charge is 0.255 e. The van der Waals surface area contributed by atoms with Crippen LogP contribution in [-0.2, 0) is 14.8 Å². The molecule has 1 fully saturated rings. The number of carbonyl (C=O) groups is 2. The standard InChI is InChI=1S/C25H33N3O4S/c1-17-12-18(2)16-28(15-17)33(31,32)22-11-6-8-19(13-22)23(29)26-20-9-7-10-21(14-20)27-24(30)25(3,4)5/h6-11,13-14,17-18H,12,15-16H2,1-5H3,(H,26,29)(H,27,30). The van der Waals surface area contributed by atoms with E-state index in [9.17, 15) is 18.0 Å². The fraction of sp³-hybridized carbons (Fsp3) is 0.440. The zero-order valence-electron chi connectivity index (χ0n) is 19.9. The number of hydrogen-bond acceptors (Lipinski definition) is 4. The normalized spacial score (nSPS) is 19.7. The first-order valence-corrected chi connectivity index (χ1v) is 12.6. The molecule has 2 aromatic carbocycles. The Morgan fingerprint density at radius 3 is 2.09 bits per heavy atom. The molecule has 2 amide bonds. The second-order valence-corrected chi connectivity index (χ2v) is 12.0. The van der Waals surface area contributed by atoms with Crippen molar-refractivity contribution in [1.29, 1.82) is 0 Å². The molecular weight excluding hydrogens is 438 g/mol. The van der Waals surface area contributed by atoms with Gasteiger partial charge in [-0.05, 0) is 54.7 Å². The van der Waals surface area contributed by atoms with Gasteiger partial charge in [-0.25, -0.2) is 8.42 Å². The maximum Gasteiger partial charge on any atom is 0.255 e. The molecule has 2 aromatic rings. The third kappa shape index (κ3) is 6.21. The molecule has 3 rings (SSSR count). The van der Waals surface area contributed by atoms with Crippen LogP contribution in [0.25, 0.3) is 0 Å². The van der Waals surface area contributed by atoms with Gasteiger partial charge < -0.3 is 10.6 Å². The molecular formula is C25H33N3O4S. The molecule has 1 aliphatic heterocycles. The molecule has 0 radical (unpaired) electrons. The van der Waals surface area contributed by atoms with E-state index in [0.717, 1.165) is 6.42 Å². The highest BCUT2D eigenvalue weighted by Crippen LogP contribution is 2.27. The van der Waals surface area contributed by atoms with Gasteiger partial charge in [0.15, 0.2) is 0 Å². The molecule has 8 heteroatoms. The fourth-order valence-electron chi connectivity index (χ4n) is 3.95. The minimum Gasteiger partial charge on any atom is -0.326 e. The maximum atomic E-state index is 13.2. The van der Waals surface area contributed by atoms with Crippen molar-refractivity contribution in [2.24, 2.45) is 17.3 Å². The van der Waals surface area contributed by atoms with Gasteiger partial charge in [0.25, 0.3) is 5.91 Å². The lowest BCUT2D eigenvalue weighted by Crippen LogP contribution is -2.42. The number of nitrogens with zero attached hydrogens (tertiary/aromatic N) is 1. The fourth-order valence-corrected chi connectivity index (χ4v) is 5.67. The molecule has 178 valence electrons. The molecule has 0 bridgehead atoms. The summed E-state index contributed by atoms with van der Waals surface area (Å²) < 4.78 is 27.9. The van der Waals surface area contributed by atoms with Crippen LogP contribution in [0.4, 0.5) is 11.4 Å². The van der Waals surface area contributed by atoms with Gasteiger partial charge in [0.2, 0.25) is 15.9 Å². The third-order valence-corrected chi connectivity index (χ3v) is 7.46. The topological polar surface area (TPSA) is 95.6 Å². The van der Waals surface area contributed by atoms with Crippen LogP contribution in [0.2, 0.25) is 0 Å². The number of rotatable bonds is 5. The zero-order valence-corrected chi connectivity index (χ0v) is 20.7. The van der Waals surface area contributed by atoms with E-state index in [0.29, 0.717) is 36.3 Å². The molecule has 2 unspecified atom stereocenters. The Kier molecular flexibility index (Phi) is 7.29. The van der Waals surface area contributed by atoms with E-state index in [2.05, 4.69) is 24.5 Å². The van der Waals surface area contributed by atoms with Crippen LogP contribution in [0.1, 0.15) is 51.4 Å². The molecule has 1 heterocycles. The molecule has 2 N–H and O–H groups in total. The first kappa shape index (κ1) is 24.9. The van der Waals surface area contributed by atoms with Gasteiger partial charge in [-0.15, -0.1) is 0 Å². The van der Waals surface area contributed by atoms with E-state index in [1.807, 2.05) is 20.8 Å². The van der Waals surface area contributed by atoms with Crippen LogP contribution in [0.3, 0.4) is 0 Å². The van der Waals surface area contributed by atoms with E-state index in [4.69, 9.17) is 0 Å². The summed E-state index contributed by atoms with van der Waals surface area (Å²) in [4.78, 5) is 25.2. The predicted octanol–water partition coefficient (Wildman–Crippen LogP) is 4.59. The first-order valence-electron chi connectivity index (χ1n) is 11.2. The van der Waals surface area contributed by atoms with E-state index in [1.54, 1.807) is 36.4 Å². The molecule has 0 aliphatic carbocycles. The molecule has 0 aromatic heterocycles. The Hall–Kier alpha value is -2.71. The summed E-state index contributed by atoms with van der Waals surface area (Å²) >= 11 is 0. The Morgan fingerprint density at radius 2 is 1.48 bits per heavy atom. The summed E-state index contributed by atoms with van der Waals surface area (Å²) in [7, 11) is -3.69. The molecule has 0 saturated carbocycles. The second kappa shape index (κ2) is 9.65. The first-order chi connectivity index (χ1) is 15.4. The van der Waals surface area contributed by atoms with Crippen molar-refractivity contribution < 1.29 is 18.0 Å². The van der Waals surface area contributed by atoms with Gasteiger partial charge >= 0.3 is 0 Å². The SMILES string of the molecule is CC1CC(C)CN(S(=O)(=O)c2cccc(C(=O)Nc3cccc(NC(=O)C(C)(C)C)c3)c2)C1. The Bertz CT molecular complexity index is 1130. The summed E-state index contributed by atoms with van der Waals surface area (Å²) in [6.45, 7) is 10.5. The van der Waals surface area contributed by atoms with Crippen molar-refractivity contribution in [3.05, 3.63) is 54.1 Å². The third-order valence-electron chi connectivity index (χ3n) is 5.63. The number of nitrogens with one attached hydrogen (secondary N) is 2. The van der Waals surface area contributed by atoms with Crippen molar-refractivity contribution in [2.75, 3.05) is 23.7 Å². The van der Waals surface area contributed by atoms with Gasteiger partial charge in [0, 0.05) is 35.4 Å². The highest BCUT2D eigenvalue weighted by molar-refractivity contribution is 7.89. The number of hydrogen-bond donors (Lipinski definition) is 2. The molecule has 33 heavy (non-hydrogen) atoms. The highest BCUT2D eigenvalue weighted by atomic mass is 32.2. The van der Waals surface area contributed by atoms with Crippen molar-refractivity contribution in [3.63, 3.8) is 0 Å². The van der Waals surface area contributed by atoms with E-state index in [1.165, 1.54) is 16.4 Å². The summed E-state index contributed by atoms with van der Waals surface area (Å²) in [5.74, 6) is 0.0269. The van der Waals surface area contributed by atoms with E-state index < -0.39 is 21.3 Å². The second-order valence-electron chi connectivity index (χ2n) is 10.0. The number of sulfonamides is 1. The Morgan fingerprint density at radius 1 is 0.909 bits per heavy atom. The summed E-state index contributed by atoms with van der Waals surface area (Å²) in [6, 6.07) is 13.0. The minimum absolute atomic E-state index is 0.114. The van der Waals surface area contributed by atoms with Crippen molar-refractivity contribution in [3.8, 4) is 0 Å². The number of carbonyl (C=O) groups excluding carboxylic acids is 2. The van der Waals surface area contributed by atoms with Crippen molar-refractivity contribution in [1.82, 2.24) is 4.31 Å². The van der Waals surface area contributed by atoms with Crippen molar-refractivity contribution >= 4 is 33.2 Å². The minimum atomic E-state index is -3.69. The average molecular weight is 472 g/mol. The Labute approximate surface area is 196 Å². The highest BCUT2D eigenvalue weighted by Gasteiger charge is 2.32. The molecule has 0 spiro atoms. The number of benzene rings is 2. The van der Waals surface area contributed by atoms with Crippen LogP contribution in [-0.4, -0.2) is 37.6 Å². The molecule has 7 nitrogen and oxygen atoms in total. The summed E-state index contributed by atoms with van der Waals surface area (Å²) in [6.07, 6.45) is 1.00. The van der Waals surface area contributed by atoms with E-state index >= 15 is 0 Å². The number of amides is 2. The monoisotopic (exact) mass is 471 g/mol. The van der Waals surface area contributed by atoms with Gasteiger partial charge in [0.05, 0.1) is 4.90 Å². The average Bonchev–Trinajstić information content (AvgIpc) is 2.72. The number of anilines is 2. The lowest BCUT2D eigenvalue weighted by atomic mass is 9.94. The molecule has 1 saturated heterocycles. The summed E-state index contributed by atoms with van der Waals surface area (Å²) in [5.41, 5.74) is 0.768. The van der Waals surface area contributed by atoms with Crippen molar-refractivity contribution in [2.45, 2.75) is 45.9 Å². The zero-order chi connectivity index (χ0) is 24.4. The predicted molar refractivity (Wildman–Crippen MR) is 131 cm³/mol. The lowest BCUT2D eigenvalue weighted by Gasteiger charge is -2.34. The molecule has 2 atom stereocenters. The van der Waals surface area contributed by atoms with Crippen LogP contribution >= 0.6 is 0 Å². The number of piperidine rings is 1. The van der Waals surface area contributed by atoms with Crippen LogP contribution in [0.5, 0.6) is 0 Å². The van der Waals surface area contributed by atoms with Crippen LogP contribution in [0.15, 0.2) is 53.4 Å². The van der Waals surface area contributed by atoms with Gasteiger partial charge in [0.1, 0.15) is 0 Å². The summed E-state index contributed by atoms with van der Waals surface area (Å²) in [5, 5.41) is 5.62. The van der Waals surface area contributed by atoms with Gasteiger partial charge in [-0.3, -0.25) is 9.59 Å². The lowest BCUT2D eigenvalue weighted by molar-refractivity contribution is -0.123. The van der Waals surface area contributed by atoms with Gasteiger partial charge in [-0.2, -0.15) is 4.31 Å². The maximum absolute atomic E-state index is 13.2. The van der Waals surface area contributed by atoms with E-state index in [-0.39, 0.29) is 16.4 Å². The Balaban J connectivity index is 1.76. The largest absolute Gasteiger partial charge is 0.326 e. The van der Waals surface area contributed by atoms with Crippen LogP contribution < -0.4 is 10.6 Å². The molecule has 1 aliphatic rings. The van der Waals surface area contributed by atoms with Crippen LogP contribution in [0, 0.1) is 17.3 Å². The quantitative estimate of drug-likeness (QED) is 0.667.